The molecule has 1 saturated carbocycles. The van der Waals surface area contributed by atoms with Crippen LogP contribution >= 0.6 is 22.2 Å². The van der Waals surface area contributed by atoms with E-state index in [0.717, 1.165) is 6.07 Å². The number of rotatable bonds is 5. The Morgan fingerprint density at radius 3 is 2.53 bits per heavy atom. The fourth-order valence-electron chi connectivity index (χ4n) is 5.09. The number of aromatic nitrogens is 2. The van der Waals surface area contributed by atoms with Gasteiger partial charge < -0.3 is 20.5 Å². The Morgan fingerprint density at radius 2 is 1.92 bits per heavy atom. The zero-order valence-electron chi connectivity index (χ0n) is 19.3. The summed E-state index contributed by atoms with van der Waals surface area (Å²) in [6.07, 6.45) is 4.20. The number of anilines is 1. The van der Waals surface area contributed by atoms with Crippen molar-refractivity contribution in [2.24, 2.45) is 5.92 Å². The molecular formula is C23H27ClFN5O5S. The van der Waals surface area contributed by atoms with Gasteiger partial charge in [-0.15, -0.1) is 0 Å². The SMILES string of the molecule is O=C(N[C@H]1CC[C@H](C(=O)Nc2ccc(F)cc2Cl)CC1)c1[nH]cnc1C(=O)N1CC2(CCS2(O)O)C1. The number of nitrogens with one attached hydrogen (secondary N) is 3. The number of nitrogens with zero attached hydrogens (tertiary/aromatic N) is 2. The summed E-state index contributed by atoms with van der Waals surface area (Å²) in [6, 6.07) is 3.61. The number of H-pyrrole nitrogens is 1. The smallest absolute Gasteiger partial charge is 0.275 e. The van der Waals surface area contributed by atoms with E-state index in [-0.39, 0.29) is 47.4 Å². The zero-order chi connectivity index (χ0) is 25.7. The van der Waals surface area contributed by atoms with E-state index in [1.165, 1.54) is 23.4 Å². The second-order valence-electron chi connectivity index (χ2n) is 9.73. The van der Waals surface area contributed by atoms with E-state index in [1.54, 1.807) is 0 Å². The molecule has 2 aliphatic heterocycles. The van der Waals surface area contributed by atoms with Gasteiger partial charge in [-0.3, -0.25) is 23.5 Å². The number of halogens is 2. The van der Waals surface area contributed by atoms with E-state index in [2.05, 4.69) is 20.6 Å². The van der Waals surface area contributed by atoms with Gasteiger partial charge in [-0.05, 0) is 50.3 Å². The first-order valence-electron chi connectivity index (χ1n) is 11.7. The summed E-state index contributed by atoms with van der Waals surface area (Å²) in [4.78, 5) is 46.7. The number of imidazole rings is 1. The van der Waals surface area contributed by atoms with Gasteiger partial charge >= 0.3 is 0 Å². The maximum atomic E-state index is 13.2. The number of carbonyl (C=O) groups is 3. The molecule has 5 rings (SSSR count). The van der Waals surface area contributed by atoms with Crippen LogP contribution < -0.4 is 10.6 Å². The first-order chi connectivity index (χ1) is 17.1. The fraction of sp³-hybridized carbons (Fsp3) is 0.478. The predicted molar refractivity (Wildman–Crippen MR) is 133 cm³/mol. The lowest BCUT2D eigenvalue weighted by Gasteiger charge is -2.67. The number of carbonyl (C=O) groups excluding carboxylic acids is 3. The van der Waals surface area contributed by atoms with Crippen molar-refractivity contribution in [1.82, 2.24) is 20.2 Å². The van der Waals surface area contributed by atoms with Gasteiger partial charge in [-0.1, -0.05) is 11.6 Å². The van der Waals surface area contributed by atoms with Crippen LogP contribution in [0.25, 0.3) is 0 Å². The molecule has 13 heteroatoms. The summed E-state index contributed by atoms with van der Waals surface area (Å²) in [5.41, 5.74) is 0.416. The van der Waals surface area contributed by atoms with Gasteiger partial charge in [0.2, 0.25) is 5.91 Å². The standard InChI is InChI=1S/C23H27ClFN5O5S/c24-16-9-14(25)3-6-17(16)29-20(31)13-1-4-15(5-2-13)28-21(32)18-19(27-12-26-18)22(33)30-10-23(11-30)7-8-36(23,34)35/h3,6,9,12-13,15,34-35H,1-2,4-5,7-8,10-11H2,(H,26,27)(H,28,32)(H,29,31)/t13-,15-. The highest BCUT2D eigenvalue weighted by atomic mass is 35.5. The lowest BCUT2D eigenvalue weighted by atomic mass is 9.85. The number of benzene rings is 1. The summed E-state index contributed by atoms with van der Waals surface area (Å²) in [6.45, 7) is 0.495. The van der Waals surface area contributed by atoms with E-state index in [4.69, 9.17) is 11.6 Å². The van der Waals surface area contributed by atoms with E-state index >= 15 is 0 Å². The van der Waals surface area contributed by atoms with E-state index in [1.807, 2.05) is 0 Å². The third kappa shape index (κ3) is 4.47. The minimum atomic E-state index is -2.65. The molecule has 1 aromatic carbocycles. The summed E-state index contributed by atoms with van der Waals surface area (Å²) < 4.78 is 32.7. The topological polar surface area (TPSA) is 148 Å². The van der Waals surface area contributed by atoms with Gasteiger partial charge in [0.25, 0.3) is 11.8 Å². The normalized spacial score (nSPS) is 24.8. The average Bonchev–Trinajstić information content (AvgIpc) is 3.30. The lowest BCUT2D eigenvalue weighted by molar-refractivity contribution is -0.120. The molecule has 5 N–H and O–H groups in total. The minimum Gasteiger partial charge on any atom is -0.348 e. The van der Waals surface area contributed by atoms with Gasteiger partial charge in [-0.25, -0.2) is 9.37 Å². The highest BCUT2D eigenvalue weighted by Gasteiger charge is 2.60. The fourth-order valence-corrected chi connectivity index (χ4v) is 7.18. The molecular weight excluding hydrogens is 513 g/mol. The van der Waals surface area contributed by atoms with Gasteiger partial charge in [0.15, 0.2) is 5.69 Å². The number of hydrogen-bond acceptors (Lipinski definition) is 6. The van der Waals surface area contributed by atoms with Crippen molar-refractivity contribution >= 4 is 45.6 Å². The highest BCUT2D eigenvalue weighted by Crippen LogP contribution is 2.67. The Labute approximate surface area is 213 Å². The Hall–Kier alpha value is -2.67. The van der Waals surface area contributed by atoms with Crippen LogP contribution in [0, 0.1) is 11.7 Å². The average molecular weight is 540 g/mol. The van der Waals surface area contributed by atoms with Crippen LogP contribution in [0.3, 0.4) is 0 Å². The van der Waals surface area contributed by atoms with E-state index < -0.39 is 33.0 Å². The van der Waals surface area contributed by atoms with Crippen molar-refractivity contribution in [2.75, 3.05) is 24.2 Å². The maximum Gasteiger partial charge on any atom is 0.275 e. The maximum absolute atomic E-state index is 13.2. The van der Waals surface area contributed by atoms with E-state index in [0.29, 0.717) is 43.5 Å². The molecule has 0 unspecified atom stereocenters. The molecule has 3 amide bonds. The van der Waals surface area contributed by atoms with Gasteiger partial charge in [0, 0.05) is 30.8 Å². The predicted octanol–water partition coefficient (Wildman–Crippen LogP) is 3.48. The van der Waals surface area contributed by atoms with Crippen LogP contribution in [0.1, 0.15) is 53.1 Å². The van der Waals surface area contributed by atoms with Crippen molar-refractivity contribution in [2.45, 2.75) is 42.9 Å². The number of hydrogen-bond donors (Lipinski definition) is 5. The highest BCUT2D eigenvalue weighted by molar-refractivity contribution is 8.26. The summed E-state index contributed by atoms with van der Waals surface area (Å²) in [5, 5.41) is 5.78. The molecule has 0 radical (unpaired) electrons. The molecule has 1 aliphatic carbocycles. The lowest BCUT2D eigenvalue weighted by Crippen LogP contribution is -2.70. The second-order valence-corrected chi connectivity index (χ2v) is 12.7. The number of aromatic amines is 1. The van der Waals surface area contributed by atoms with Gasteiger partial charge in [0.1, 0.15) is 11.5 Å². The third-order valence-corrected chi connectivity index (χ3v) is 10.4. The van der Waals surface area contributed by atoms with Crippen LogP contribution in [0.2, 0.25) is 5.02 Å². The number of likely N-dealkylation sites (tertiary alicyclic amines) is 1. The van der Waals surface area contributed by atoms with Crippen LogP contribution in [0.5, 0.6) is 0 Å². The molecule has 0 atom stereocenters. The van der Waals surface area contributed by atoms with Crippen LogP contribution in [0.4, 0.5) is 10.1 Å². The Morgan fingerprint density at radius 1 is 1.19 bits per heavy atom. The largest absolute Gasteiger partial charge is 0.348 e. The third-order valence-electron chi connectivity index (χ3n) is 7.47. The molecule has 36 heavy (non-hydrogen) atoms. The summed E-state index contributed by atoms with van der Waals surface area (Å²) >= 11 is 5.99. The Bertz CT molecular complexity index is 1210. The summed E-state index contributed by atoms with van der Waals surface area (Å²) in [7, 11) is -2.65. The Kier molecular flexibility index (Phi) is 6.48. The minimum absolute atomic E-state index is 0.00222. The Balaban J connectivity index is 1.13. The number of amides is 3. The van der Waals surface area contributed by atoms with Crippen LogP contribution in [-0.2, 0) is 4.79 Å². The first-order valence-corrected chi connectivity index (χ1v) is 13.8. The molecule has 1 aromatic heterocycles. The molecule has 10 nitrogen and oxygen atoms in total. The first kappa shape index (κ1) is 25.0. The molecule has 2 saturated heterocycles. The van der Waals surface area contributed by atoms with Crippen LogP contribution in [0.15, 0.2) is 24.5 Å². The van der Waals surface area contributed by atoms with Gasteiger partial charge in [0.05, 0.1) is 21.8 Å². The second kappa shape index (κ2) is 9.33. The van der Waals surface area contributed by atoms with E-state index in [9.17, 15) is 27.9 Å². The molecule has 2 aromatic rings. The molecule has 3 aliphatic rings. The van der Waals surface area contributed by atoms with Crippen molar-refractivity contribution in [1.29, 1.82) is 0 Å². The monoisotopic (exact) mass is 539 g/mol. The molecule has 3 fully saturated rings. The van der Waals surface area contributed by atoms with Crippen molar-refractivity contribution in [3.63, 3.8) is 0 Å². The zero-order valence-corrected chi connectivity index (χ0v) is 20.9. The van der Waals surface area contributed by atoms with Crippen molar-refractivity contribution < 1.29 is 27.9 Å². The van der Waals surface area contributed by atoms with Crippen molar-refractivity contribution in [3.05, 3.63) is 46.8 Å². The van der Waals surface area contributed by atoms with Crippen molar-refractivity contribution in [3.8, 4) is 0 Å². The quantitative estimate of drug-likeness (QED) is 0.393. The molecule has 194 valence electrons. The van der Waals surface area contributed by atoms with Crippen LogP contribution in [-0.4, -0.2) is 71.3 Å². The molecule has 3 heterocycles. The molecule has 1 spiro atoms. The summed E-state index contributed by atoms with van der Waals surface area (Å²) in [5.74, 6) is -1.46. The van der Waals surface area contributed by atoms with Gasteiger partial charge in [-0.2, -0.15) is 10.6 Å². The molecule has 0 bridgehead atoms.